The first-order chi connectivity index (χ1) is 10.2. The molecule has 21 heavy (non-hydrogen) atoms. The molecule has 1 heterocycles. The van der Waals surface area contributed by atoms with Gasteiger partial charge in [-0.15, -0.1) is 0 Å². The number of hydrogen-bond acceptors (Lipinski definition) is 3. The second-order valence-corrected chi connectivity index (χ2v) is 6.27. The van der Waals surface area contributed by atoms with Crippen LogP contribution in [0.4, 0.5) is 0 Å². The van der Waals surface area contributed by atoms with Gasteiger partial charge in [0.05, 0.1) is 5.02 Å². The van der Waals surface area contributed by atoms with E-state index in [2.05, 4.69) is 27.0 Å². The number of halogens is 2. The molecule has 0 fully saturated rings. The Morgan fingerprint density at radius 2 is 2.05 bits per heavy atom. The molecular formula is C16H12BrClN2O. The van der Waals surface area contributed by atoms with Gasteiger partial charge in [-0.05, 0) is 55.5 Å². The highest BCUT2D eigenvalue weighted by molar-refractivity contribution is 9.10. The molecule has 1 aliphatic carbocycles. The lowest BCUT2D eigenvalue weighted by Gasteiger charge is -2.17. The molecule has 1 aromatic carbocycles. The van der Waals surface area contributed by atoms with Gasteiger partial charge in [-0.1, -0.05) is 27.5 Å². The summed E-state index contributed by atoms with van der Waals surface area (Å²) in [7, 11) is 0. The molecule has 1 aromatic heterocycles. The van der Waals surface area contributed by atoms with Crippen LogP contribution >= 0.6 is 27.5 Å². The van der Waals surface area contributed by atoms with Crippen LogP contribution < -0.4 is 4.74 Å². The quantitative estimate of drug-likeness (QED) is 0.751. The van der Waals surface area contributed by atoms with E-state index in [4.69, 9.17) is 16.3 Å². The standard InChI is InChI=1S/C16H12BrClN2O/c17-12-5-6-13(18)15(8-12)21-16-11(9-19)7-10-3-1-2-4-14(10)20-16/h5-8H,1-4H2. The number of nitrogens with zero attached hydrogens (tertiary/aromatic N) is 2. The summed E-state index contributed by atoms with van der Waals surface area (Å²) < 4.78 is 6.64. The first-order valence-electron chi connectivity index (χ1n) is 6.73. The topological polar surface area (TPSA) is 45.9 Å². The summed E-state index contributed by atoms with van der Waals surface area (Å²) >= 11 is 9.51. The molecule has 0 aliphatic heterocycles. The van der Waals surface area contributed by atoms with E-state index in [1.54, 1.807) is 12.1 Å². The van der Waals surface area contributed by atoms with Gasteiger partial charge in [-0.3, -0.25) is 0 Å². The van der Waals surface area contributed by atoms with Crippen LogP contribution in [-0.2, 0) is 12.8 Å². The summed E-state index contributed by atoms with van der Waals surface area (Å²) in [5.74, 6) is 0.823. The molecule has 0 saturated carbocycles. The number of fused-ring (bicyclic) bond motifs is 1. The Kier molecular flexibility index (Phi) is 4.14. The van der Waals surface area contributed by atoms with Crippen LogP contribution in [0.5, 0.6) is 11.6 Å². The van der Waals surface area contributed by atoms with E-state index >= 15 is 0 Å². The van der Waals surface area contributed by atoms with Gasteiger partial charge in [0.2, 0.25) is 5.88 Å². The van der Waals surface area contributed by atoms with E-state index in [1.165, 1.54) is 0 Å². The zero-order valence-electron chi connectivity index (χ0n) is 11.2. The number of rotatable bonds is 2. The van der Waals surface area contributed by atoms with Gasteiger partial charge < -0.3 is 4.74 Å². The van der Waals surface area contributed by atoms with Crippen molar-refractivity contribution in [3.8, 4) is 17.7 Å². The molecular weight excluding hydrogens is 352 g/mol. The van der Waals surface area contributed by atoms with Gasteiger partial charge in [0.1, 0.15) is 17.4 Å². The zero-order chi connectivity index (χ0) is 14.8. The summed E-state index contributed by atoms with van der Waals surface area (Å²) in [6, 6.07) is 9.39. The van der Waals surface area contributed by atoms with Crippen LogP contribution in [0, 0.1) is 11.3 Å². The maximum atomic E-state index is 9.31. The van der Waals surface area contributed by atoms with Gasteiger partial charge in [-0.2, -0.15) is 5.26 Å². The molecule has 2 aromatic rings. The minimum Gasteiger partial charge on any atom is -0.436 e. The molecule has 0 radical (unpaired) electrons. The average Bonchev–Trinajstić information content (AvgIpc) is 2.50. The fraction of sp³-hybridized carbons (Fsp3) is 0.250. The van der Waals surface area contributed by atoms with Crippen molar-refractivity contribution in [2.45, 2.75) is 25.7 Å². The minimum absolute atomic E-state index is 0.332. The predicted octanol–water partition coefficient (Wildman–Crippen LogP) is 5.04. The third-order valence-corrected chi connectivity index (χ3v) is 4.29. The van der Waals surface area contributed by atoms with Gasteiger partial charge in [0.25, 0.3) is 0 Å². The van der Waals surface area contributed by atoms with Crippen molar-refractivity contribution < 1.29 is 4.74 Å². The van der Waals surface area contributed by atoms with E-state index in [0.29, 0.717) is 22.2 Å². The molecule has 106 valence electrons. The zero-order valence-corrected chi connectivity index (χ0v) is 13.5. The van der Waals surface area contributed by atoms with Crippen molar-refractivity contribution >= 4 is 27.5 Å². The molecule has 0 bridgehead atoms. The SMILES string of the molecule is N#Cc1cc2c(nc1Oc1cc(Br)ccc1Cl)CCCC2. The first kappa shape index (κ1) is 14.4. The number of ether oxygens (including phenoxy) is 1. The minimum atomic E-state index is 0.332. The smallest absolute Gasteiger partial charge is 0.237 e. The van der Waals surface area contributed by atoms with Crippen molar-refractivity contribution in [2.24, 2.45) is 0 Å². The number of nitriles is 1. The molecule has 3 rings (SSSR count). The molecule has 0 saturated heterocycles. The van der Waals surface area contributed by atoms with Crippen molar-refractivity contribution in [1.82, 2.24) is 4.98 Å². The normalized spacial score (nSPS) is 13.4. The Morgan fingerprint density at radius 1 is 1.24 bits per heavy atom. The summed E-state index contributed by atoms with van der Waals surface area (Å²) in [5.41, 5.74) is 2.64. The van der Waals surface area contributed by atoms with E-state index < -0.39 is 0 Å². The Morgan fingerprint density at radius 3 is 2.86 bits per heavy atom. The average molecular weight is 364 g/mol. The highest BCUT2D eigenvalue weighted by atomic mass is 79.9. The second-order valence-electron chi connectivity index (χ2n) is 4.94. The van der Waals surface area contributed by atoms with E-state index in [9.17, 15) is 5.26 Å². The van der Waals surface area contributed by atoms with Crippen LogP contribution in [0.1, 0.15) is 29.7 Å². The van der Waals surface area contributed by atoms with Crippen LogP contribution in [0.25, 0.3) is 0 Å². The second kappa shape index (κ2) is 6.05. The molecule has 3 nitrogen and oxygen atoms in total. The number of aryl methyl sites for hydroxylation is 2. The lowest BCUT2D eigenvalue weighted by molar-refractivity contribution is 0.456. The van der Waals surface area contributed by atoms with Crippen molar-refractivity contribution in [3.05, 3.63) is 50.6 Å². The van der Waals surface area contributed by atoms with Crippen LogP contribution in [0.3, 0.4) is 0 Å². The highest BCUT2D eigenvalue weighted by Crippen LogP contribution is 2.34. The highest BCUT2D eigenvalue weighted by Gasteiger charge is 2.17. The van der Waals surface area contributed by atoms with Gasteiger partial charge in [0, 0.05) is 10.2 Å². The Labute approximate surface area is 136 Å². The third kappa shape index (κ3) is 3.04. The Hall–Kier alpha value is -1.57. The lowest BCUT2D eigenvalue weighted by Crippen LogP contribution is -2.07. The molecule has 0 N–H and O–H groups in total. The fourth-order valence-electron chi connectivity index (χ4n) is 2.43. The molecule has 0 unspecified atom stereocenters. The van der Waals surface area contributed by atoms with Gasteiger partial charge in [-0.25, -0.2) is 4.98 Å². The maximum Gasteiger partial charge on any atom is 0.237 e. The van der Waals surface area contributed by atoms with Crippen LogP contribution in [-0.4, -0.2) is 4.98 Å². The third-order valence-electron chi connectivity index (χ3n) is 3.49. The van der Waals surface area contributed by atoms with E-state index in [1.807, 2.05) is 12.1 Å². The number of pyridine rings is 1. The van der Waals surface area contributed by atoms with Crippen LogP contribution in [0.2, 0.25) is 5.02 Å². The maximum absolute atomic E-state index is 9.31. The summed E-state index contributed by atoms with van der Waals surface area (Å²) in [6.07, 6.45) is 4.19. The predicted molar refractivity (Wildman–Crippen MR) is 84.8 cm³/mol. The number of aromatic nitrogens is 1. The number of benzene rings is 1. The van der Waals surface area contributed by atoms with Crippen molar-refractivity contribution in [3.63, 3.8) is 0 Å². The molecule has 1 aliphatic rings. The van der Waals surface area contributed by atoms with Crippen molar-refractivity contribution in [1.29, 1.82) is 5.26 Å². The Bertz CT molecular complexity index is 740. The molecule has 0 amide bonds. The molecule has 0 atom stereocenters. The summed E-state index contributed by atoms with van der Waals surface area (Å²) in [4.78, 5) is 4.53. The summed E-state index contributed by atoms with van der Waals surface area (Å²) in [5, 5.41) is 9.80. The van der Waals surface area contributed by atoms with Crippen molar-refractivity contribution in [2.75, 3.05) is 0 Å². The Balaban J connectivity index is 2.02. The number of hydrogen-bond donors (Lipinski definition) is 0. The largest absolute Gasteiger partial charge is 0.436 e. The van der Waals surface area contributed by atoms with E-state index in [0.717, 1.165) is 41.4 Å². The monoisotopic (exact) mass is 362 g/mol. The molecule has 5 heteroatoms. The molecule has 0 spiro atoms. The summed E-state index contributed by atoms with van der Waals surface area (Å²) in [6.45, 7) is 0. The fourth-order valence-corrected chi connectivity index (χ4v) is 2.93. The van der Waals surface area contributed by atoms with Crippen LogP contribution in [0.15, 0.2) is 28.7 Å². The van der Waals surface area contributed by atoms with E-state index in [-0.39, 0.29) is 0 Å². The first-order valence-corrected chi connectivity index (χ1v) is 7.90. The van der Waals surface area contributed by atoms with Gasteiger partial charge in [0.15, 0.2) is 0 Å². The lowest BCUT2D eigenvalue weighted by atomic mass is 9.95. The van der Waals surface area contributed by atoms with Gasteiger partial charge >= 0.3 is 0 Å².